The van der Waals surface area contributed by atoms with Crippen molar-refractivity contribution in [2.75, 3.05) is 37.2 Å². The number of nitrogens with one attached hydrogen (secondary N) is 1. The number of hydrogen-bond donors (Lipinski definition) is 2. The van der Waals surface area contributed by atoms with E-state index in [0.717, 1.165) is 31.7 Å². The number of halogens is 1. The van der Waals surface area contributed by atoms with Gasteiger partial charge in [-0.2, -0.15) is 20.2 Å². The van der Waals surface area contributed by atoms with E-state index in [4.69, 9.17) is 5.73 Å². The van der Waals surface area contributed by atoms with Crippen LogP contribution in [0.3, 0.4) is 0 Å². The van der Waals surface area contributed by atoms with Gasteiger partial charge >= 0.3 is 0 Å². The van der Waals surface area contributed by atoms with E-state index >= 15 is 0 Å². The third-order valence-corrected chi connectivity index (χ3v) is 5.17. The molecule has 0 spiro atoms. The van der Waals surface area contributed by atoms with Gasteiger partial charge in [0, 0.05) is 31.9 Å². The normalized spacial score (nSPS) is 15.9. The van der Waals surface area contributed by atoms with E-state index in [2.05, 4.69) is 36.1 Å². The van der Waals surface area contributed by atoms with E-state index in [1.807, 2.05) is 30.3 Å². The molecule has 3 aromatic rings. The van der Waals surface area contributed by atoms with Gasteiger partial charge in [0.05, 0.1) is 12.6 Å². The van der Waals surface area contributed by atoms with Crippen molar-refractivity contribution in [2.24, 2.45) is 0 Å². The number of hydrogen-bond acceptors (Lipinski definition) is 8. The SMILES string of the molecule is N#CC(c1ccccc1)N1CCN(Cc2nc(N)nc(Nc3ccc(F)cc3)n2)CC1. The van der Waals surface area contributed by atoms with Gasteiger partial charge in [-0.1, -0.05) is 30.3 Å². The summed E-state index contributed by atoms with van der Waals surface area (Å²) >= 11 is 0. The van der Waals surface area contributed by atoms with Crippen molar-refractivity contribution < 1.29 is 4.39 Å². The fourth-order valence-corrected chi connectivity index (χ4v) is 3.61. The zero-order valence-electron chi connectivity index (χ0n) is 16.9. The minimum Gasteiger partial charge on any atom is -0.368 e. The van der Waals surface area contributed by atoms with Crippen molar-refractivity contribution >= 4 is 17.6 Å². The van der Waals surface area contributed by atoms with Crippen LogP contribution in [-0.2, 0) is 6.54 Å². The first-order valence-electron chi connectivity index (χ1n) is 10.0. The van der Waals surface area contributed by atoms with Crippen LogP contribution < -0.4 is 11.1 Å². The van der Waals surface area contributed by atoms with Crippen molar-refractivity contribution in [3.63, 3.8) is 0 Å². The first-order chi connectivity index (χ1) is 15.1. The van der Waals surface area contributed by atoms with Crippen molar-refractivity contribution in [1.82, 2.24) is 24.8 Å². The summed E-state index contributed by atoms with van der Waals surface area (Å²) in [6.45, 7) is 3.65. The molecule has 1 saturated heterocycles. The predicted octanol–water partition coefficient (Wildman–Crippen LogP) is 2.72. The molecule has 31 heavy (non-hydrogen) atoms. The zero-order valence-corrected chi connectivity index (χ0v) is 16.9. The van der Waals surface area contributed by atoms with E-state index in [9.17, 15) is 9.65 Å². The molecule has 1 aliphatic heterocycles. The molecule has 2 aromatic carbocycles. The molecule has 1 aliphatic rings. The fourth-order valence-electron chi connectivity index (χ4n) is 3.61. The van der Waals surface area contributed by atoms with Crippen LogP contribution in [0, 0.1) is 17.1 Å². The smallest absolute Gasteiger partial charge is 0.232 e. The van der Waals surface area contributed by atoms with Crippen LogP contribution in [0.25, 0.3) is 0 Å². The van der Waals surface area contributed by atoms with E-state index in [0.29, 0.717) is 24.0 Å². The topological polar surface area (TPSA) is 107 Å². The van der Waals surface area contributed by atoms with Gasteiger partial charge in [-0.15, -0.1) is 0 Å². The van der Waals surface area contributed by atoms with Crippen LogP contribution in [0.4, 0.5) is 22.0 Å². The van der Waals surface area contributed by atoms with Gasteiger partial charge in [-0.05, 0) is 29.8 Å². The minimum absolute atomic E-state index is 0.127. The Labute approximate surface area is 180 Å². The van der Waals surface area contributed by atoms with Crippen molar-refractivity contribution in [1.29, 1.82) is 5.26 Å². The fraction of sp³-hybridized carbons (Fsp3) is 0.273. The molecule has 2 heterocycles. The predicted molar refractivity (Wildman–Crippen MR) is 116 cm³/mol. The van der Waals surface area contributed by atoms with Gasteiger partial charge in [-0.25, -0.2) is 4.39 Å². The minimum atomic E-state index is -0.313. The number of nitrogen functional groups attached to an aromatic ring is 1. The Morgan fingerprint density at radius 3 is 2.39 bits per heavy atom. The molecule has 9 heteroatoms. The van der Waals surface area contributed by atoms with Crippen molar-refractivity contribution in [3.8, 4) is 6.07 Å². The van der Waals surface area contributed by atoms with Crippen LogP contribution in [0.5, 0.6) is 0 Å². The number of nitrogens with two attached hydrogens (primary N) is 1. The van der Waals surface area contributed by atoms with E-state index in [1.54, 1.807) is 12.1 Å². The second kappa shape index (κ2) is 9.47. The molecule has 1 unspecified atom stereocenters. The average molecular weight is 418 g/mol. The zero-order chi connectivity index (χ0) is 21.6. The summed E-state index contributed by atoms with van der Waals surface area (Å²) in [5.41, 5.74) is 7.54. The molecular weight excluding hydrogens is 395 g/mol. The molecule has 0 amide bonds. The van der Waals surface area contributed by atoms with Gasteiger partial charge in [0.2, 0.25) is 11.9 Å². The molecule has 158 valence electrons. The molecule has 8 nitrogen and oxygen atoms in total. The third kappa shape index (κ3) is 5.31. The maximum Gasteiger partial charge on any atom is 0.232 e. The first kappa shape index (κ1) is 20.7. The molecule has 1 fully saturated rings. The van der Waals surface area contributed by atoms with E-state index in [1.165, 1.54) is 12.1 Å². The highest BCUT2D eigenvalue weighted by Crippen LogP contribution is 2.22. The second-order valence-electron chi connectivity index (χ2n) is 7.32. The summed E-state index contributed by atoms with van der Waals surface area (Å²) in [7, 11) is 0. The van der Waals surface area contributed by atoms with Gasteiger partial charge in [0.25, 0.3) is 0 Å². The summed E-state index contributed by atoms with van der Waals surface area (Å²) in [6.07, 6.45) is 0. The number of rotatable bonds is 6. The standard InChI is InChI=1S/C22H23FN8/c23-17-6-8-18(9-7-17)26-22-28-20(27-21(25)29-22)15-30-10-12-31(13-11-30)19(14-24)16-4-2-1-3-5-16/h1-9,19H,10-13,15H2,(H3,25,26,27,28,29). The Kier molecular flexibility index (Phi) is 6.31. The lowest BCUT2D eigenvalue weighted by atomic mass is 10.1. The summed E-state index contributed by atoms with van der Waals surface area (Å²) in [5, 5.41) is 12.7. The van der Waals surface area contributed by atoms with Gasteiger partial charge < -0.3 is 11.1 Å². The number of piperazine rings is 1. The monoisotopic (exact) mass is 418 g/mol. The molecule has 1 aromatic heterocycles. The summed E-state index contributed by atoms with van der Waals surface area (Å²) in [5.74, 6) is 0.695. The number of nitriles is 1. The van der Waals surface area contributed by atoms with Gasteiger partial charge in [-0.3, -0.25) is 9.80 Å². The highest BCUT2D eigenvalue weighted by Gasteiger charge is 2.25. The lowest BCUT2D eigenvalue weighted by Gasteiger charge is -2.36. The lowest BCUT2D eigenvalue weighted by molar-refractivity contribution is 0.107. The van der Waals surface area contributed by atoms with Crippen LogP contribution in [0.1, 0.15) is 17.4 Å². The molecule has 1 atom stereocenters. The van der Waals surface area contributed by atoms with Crippen molar-refractivity contribution in [2.45, 2.75) is 12.6 Å². The Balaban J connectivity index is 1.37. The summed E-state index contributed by atoms with van der Waals surface area (Å²) in [4.78, 5) is 17.2. The van der Waals surface area contributed by atoms with Crippen LogP contribution in [0.15, 0.2) is 54.6 Å². The van der Waals surface area contributed by atoms with E-state index < -0.39 is 0 Å². The molecule has 0 radical (unpaired) electrons. The molecule has 0 aliphatic carbocycles. The van der Waals surface area contributed by atoms with Crippen LogP contribution in [-0.4, -0.2) is 50.9 Å². The molecule has 4 rings (SSSR count). The molecule has 3 N–H and O–H groups in total. The highest BCUT2D eigenvalue weighted by atomic mass is 19.1. The van der Waals surface area contributed by atoms with Gasteiger partial charge in [0.15, 0.2) is 0 Å². The number of anilines is 3. The van der Waals surface area contributed by atoms with Crippen molar-refractivity contribution in [3.05, 3.63) is 71.8 Å². The number of aromatic nitrogens is 3. The summed E-state index contributed by atoms with van der Waals surface area (Å²) < 4.78 is 13.1. The molecule has 0 saturated carbocycles. The Hall–Kier alpha value is -3.61. The number of nitrogens with zero attached hydrogens (tertiary/aromatic N) is 6. The highest BCUT2D eigenvalue weighted by molar-refractivity contribution is 5.53. The number of benzene rings is 2. The van der Waals surface area contributed by atoms with Gasteiger partial charge in [0.1, 0.15) is 17.7 Å². The third-order valence-electron chi connectivity index (χ3n) is 5.17. The maximum absolute atomic E-state index is 13.1. The molecular formula is C22H23FN8. The van der Waals surface area contributed by atoms with E-state index in [-0.39, 0.29) is 17.8 Å². The Morgan fingerprint density at radius 2 is 1.71 bits per heavy atom. The molecule has 0 bridgehead atoms. The quantitative estimate of drug-likeness (QED) is 0.629. The first-order valence-corrected chi connectivity index (χ1v) is 10.0. The maximum atomic E-state index is 13.1. The van der Waals surface area contributed by atoms with Crippen LogP contribution in [0.2, 0.25) is 0 Å². The Bertz CT molecular complexity index is 1040. The average Bonchev–Trinajstić information content (AvgIpc) is 2.77. The summed E-state index contributed by atoms with van der Waals surface area (Å²) in [6, 6.07) is 17.9. The second-order valence-corrected chi connectivity index (χ2v) is 7.32. The lowest BCUT2D eigenvalue weighted by Crippen LogP contribution is -2.47. The van der Waals surface area contributed by atoms with Crippen LogP contribution >= 0.6 is 0 Å². The largest absolute Gasteiger partial charge is 0.368 e. The Morgan fingerprint density at radius 1 is 1.00 bits per heavy atom.